The van der Waals surface area contributed by atoms with Crippen LogP contribution in [0.1, 0.15) is 218 Å². The number of halogens is 3. The molecule has 0 atom stereocenters. The van der Waals surface area contributed by atoms with Gasteiger partial charge in [0.05, 0.1) is 11.2 Å². The quantitative estimate of drug-likeness (QED) is 0.172. The van der Waals surface area contributed by atoms with E-state index in [9.17, 15) is 13.2 Å². The topological polar surface area (TPSA) is 115 Å². The normalized spacial score (nSPS) is 13.0. The summed E-state index contributed by atoms with van der Waals surface area (Å²) in [6.45, 7) is 52.9. The number of nitrogens with zero attached hydrogens (tertiary/aromatic N) is 9. The first-order valence-corrected chi connectivity index (χ1v) is 25.9. The summed E-state index contributed by atoms with van der Waals surface area (Å²) in [5.41, 5.74) is 6.70. The standard InChI is InChI=1S/2C8H13N.3C7H12N2S.C7H11NS.C2H3F3.2C2H6.CH4/c2*1-8(2,3)7-5-4-6-9-7;3*1-5-8-6(10-9-5)7(2,3)4;1-7(2,3)6-4-9-5-8-6;1-2(3,4)5;2*1-2;/h2*5-6H,4H2,1-3H3;3*1-4H3;4-5H,1-3H3;1H3;2*1-2H3;1H4. The van der Waals surface area contributed by atoms with Crippen molar-refractivity contribution in [1.29, 1.82) is 0 Å². The molecule has 67 heavy (non-hydrogen) atoms. The third-order valence-corrected chi connectivity index (χ3v) is 11.8. The van der Waals surface area contributed by atoms with Gasteiger partial charge in [-0.2, -0.15) is 26.3 Å². The van der Waals surface area contributed by atoms with Crippen molar-refractivity contribution >= 4 is 58.4 Å². The second kappa shape index (κ2) is 31.9. The molecule has 0 aliphatic carbocycles. The van der Waals surface area contributed by atoms with E-state index < -0.39 is 6.18 Å². The van der Waals surface area contributed by atoms with Gasteiger partial charge >= 0.3 is 6.18 Å². The van der Waals surface area contributed by atoms with Crippen LogP contribution in [0.15, 0.2) is 44.4 Å². The lowest BCUT2D eigenvalue weighted by atomic mass is 9.92. The molecule has 9 nitrogen and oxygen atoms in total. The fraction of sp³-hybridized carbons (Fsp3) is 0.706. The second-order valence-electron chi connectivity index (χ2n) is 20.9. The summed E-state index contributed by atoms with van der Waals surface area (Å²) in [6, 6.07) is 0. The molecule has 386 valence electrons. The van der Waals surface area contributed by atoms with Crippen LogP contribution in [0.2, 0.25) is 0 Å². The van der Waals surface area contributed by atoms with E-state index in [1.165, 1.54) is 51.7 Å². The molecular weight excluding hydrogens is 924 g/mol. The summed E-state index contributed by atoms with van der Waals surface area (Å²) < 4.78 is 43.4. The Morgan fingerprint density at radius 1 is 0.448 bits per heavy atom. The van der Waals surface area contributed by atoms with Crippen molar-refractivity contribution in [2.24, 2.45) is 20.8 Å². The smallest absolute Gasteiger partial charge is 0.265 e. The largest absolute Gasteiger partial charge is 0.386 e. The van der Waals surface area contributed by atoms with E-state index >= 15 is 0 Å². The molecule has 2 aliphatic rings. The van der Waals surface area contributed by atoms with E-state index in [4.69, 9.17) is 0 Å². The van der Waals surface area contributed by atoms with Crippen LogP contribution in [0.4, 0.5) is 13.2 Å². The minimum Gasteiger partial charge on any atom is -0.265 e. The highest BCUT2D eigenvalue weighted by Crippen LogP contribution is 2.29. The molecule has 0 fully saturated rings. The molecule has 0 saturated heterocycles. The Kier molecular flexibility index (Phi) is 33.6. The van der Waals surface area contributed by atoms with Gasteiger partial charge in [0.15, 0.2) is 0 Å². The van der Waals surface area contributed by atoms with Crippen LogP contribution in [0.3, 0.4) is 0 Å². The fourth-order valence-electron chi connectivity index (χ4n) is 4.12. The predicted octanol–water partition coefficient (Wildman–Crippen LogP) is 17.9. The number of hydrogen-bond acceptors (Lipinski definition) is 13. The van der Waals surface area contributed by atoms with Crippen molar-refractivity contribution < 1.29 is 13.2 Å². The zero-order chi connectivity index (χ0) is 52.5. The molecule has 2 aliphatic heterocycles. The van der Waals surface area contributed by atoms with Crippen LogP contribution < -0.4 is 0 Å². The Morgan fingerprint density at radius 2 is 0.716 bits per heavy atom. The summed E-state index contributed by atoms with van der Waals surface area (Å²) in [7, 11) is 0. The van der Waals surface area contributed by atoms with E-state index in [-0.39, 0.29) is 46.8 Å². The van der Waals surface area contributed by atoms with Crippen LogP contribution in [0.5, 0.6) is 0 Å². The third-order valence-electron chi connectivity index (χ3n) is 7.54. The molecule has 0 aromatic carbocycles. The molecule has 0 N–H and O–H groups in total. The van der Waals surface area contributed by atoms with Crippen molar-refractivity contribution in [3.63, 3.8) is 0 Å². The van der Waals surface area contributed by atoms with Crippen molar-refractivity contribution in [3.8, 4) is 0 Å². The summed E-state index contributed by atoms with van der Waals surface area (Å²) in [5, 5.41) is 5.44. The molecule has 4 aromatic rings. The minimum atomic E-state index is -4.00. The Labute approximate surface area is 423 Å². The molecule has 0 bridgehead atoms. The van der Waals surface area contributed by atoms with Gasteiger partial charge < -0.3 is 0 Å². The third kappa shape index (κ3) is 35.7. The van der Waals surface area contributed by atoms with Crippen molar-refractivity contribution in [2.75, 3.05) is 0 Å². The van der Waals surface area contributed by atoms with Crippen molar-refractivity contribution in [2.45, 2.75) is 228 Å². The van der Waals surface area contributed by atoms with E-state index in [1.807, 2.05) is 66.4 Å². The van der Waals surface area contributed by atoms with Crippen LogP contribution in [-0.4, -0.2) is 51.7 Å². The minimum absolute atomic E-state index is 0. The maximum Gasteiger partial charge on any atom is 0.386 e. The Hall–Kier alpha value is -3.08. The summed E-state index contributed by atoms with van der Waals surface area (Å²) in [4.78, 5) is 25.6. The van der Waals surface area contributed by atoms with Gasteiger partial charge in [-0.15, -0.1) is 11.3 Å². The molecule has 4 aromatic heterocycles. The van der Waals surface area contributed by atoms with Crippen LogP contribution in [0, 0.1) is 31.6 Å². The van der Waals surface area contributed by atoms with Gasteiger partial charge in [-0.1, -0.05) is 172 Å². The number of thiazole rings is 1. The van der Waals surface area contributed by atoms with Gasteiger partial charge in [-0.05, 0) is 55.4 Å². The molecule has 6 heterocycles. The molecule has 16 heteroatoms. The van der Waals surface area contributed by atoms with Gasteiger partial charge in [0, 0.05) is 81.5 Å². The number of alkyl halides is 3. The Bertz CT molecular complexity index is 1810. The highest BCUT2D eigenvalue weighted by molar-refractivity contribution is 7.07. The lowest BCUT2D eigenvalue weighted by Crippen LogP contribution is -2.10. The lowest BCUT2D eigenvalue weighted by Gasteiger charge is -2.16. The maximum absolute atomic E-state index is 10.4. The zero-order valence-electron chi connectivity index (χ0n) is 45.7. The number of aliphatic imine (C=N–C) groups is 2. The van der Waals surface area contributed by atoms with Gasteiger partial charge in [-0.3, -0.25) is 9.98 Å². The molecule has 0 radical (unpaired) electrons. The molecular formula is C51H92F3N9S4. The van der Waals surface area contributed by atoms with Crippen LogP contribution >= 0.6 is 45.9 Å². The maximum atomic E-state index is 10.4. The van der Waals surface area contributed by atoms with Gasteiger partial charge in [-0.25, -0.2) is 19.9 Å². The molecule has 0 spiro atoms. The number of allylic oxidation sites excluding steroid dienone is 4. The average Bonchev–Trinajstić information content (AvgIpc) is 4.01. The Morgan fingerprint density at radius 3 is 0.806 bits per heavy atom. The van der Waals surface area contributed by atoms with Gasteiger partial charge in [0.2, 0.25) is 0 Å². The highest BCUT2D eigenvalue weighted by atomic mass is 32.1. The van der Waals surface area contributed by atoms with E-state index in [2.05, 4.69) is 185 Å². The van der Waals surface area contributed by atoms with E-state index in [0.29, 0.717) is 0 Å². The highest BCUT2D eigenvalue weighted by Gasteiger charge is 2.21. The summed E-state index contributed by atoms with van der Waals surface area (Å²) >= 11 is 6.14. The van der Waals surface area contributed by atoms with E-state index in [1.54, 1.807) is 11.3 Å². The van der Waals surface area contributed by atoms with Gasteiger partial charge in [0.1, 0.15) is 32.5 Å². The zero-order valence-corrected chi connectivity index (χ0v) is 48.9. The SMILES string of the molecule is C.CC.CC.CC(C)(C)C1=CCC=N1.CC(C)(C)C1=CCC=N1.CC(C)(C)c1cscn1.CC(F)(F)F.Cc1nsc(C(C)(C)C)n1.Cc1nsc(C(C)(C)C)n1.Cc1nsc(C(C)(C)C)n1. The fourth-order valence-corrected chi connectivity index (χ4v) is 7.02. The monoisotopic (exact) mass is 1020 g/mol. The molecule has 6 rings (SSSR count). The number of hydrogen-bond donors (Lipinski definition) is 0. The van der Waals surface area contributed by atoms with Crippen LogP contribution in [-0.2, 0) is 21.7 Å². The molecule has 0 amide bonds. The number of aryl methyl sites for hydroxylation is 3. The summed E-state index contributed by atoms with van der Waals surface area (Å²) in [6.07, 6.45) is 6.32. The lowest BCUT2D eigenvalue weighted by molar-refractivity contribution is -0.110. The first kappa shape index (κ1) is 70.5. The second-order valence-corrected chi connectivity index (χ2v) is 23.8. The molecule has 0 unspecified atom stereocenters. The Balaban J connectivity index is -0.000000342. The van der Waals surface area contributed by atoms with Gasteiger partial charge in [0.25, 0.3) is 0 Å². The first-order chi connectivity index (χ1) is 29.8. The first-order valence-electron chi connectivity index (χ1n) is 22.7. The molecule has 0 saturated carbocycles. The summed E-state index contributed by atoms with van der Waals surface area (Å²) in [5.74, 6) is 2.65. The average molecular weight is 1020 g/mol. The van der Waals surface area contributed by atoms with Crippen molar-refractivity contribution in [1.82, 2.24) is 33.1 Å². The van der Waals surface area contributed by atoms with Crippen LogP contribution in [0.25, 0.3) is 0 Å². The number of aromatic nitrogens is 7. The predicted molar refractivity (Wildman–Crippen MR) is 293 cm³/mol. The van der Waals surface area contributed by atoms with E-state index in [0.717, 1.165) is 45.3 Å². The van der Waals surface area contributed by atoms with Crippen molar-refractivity contribution in [3.05, 3.63) is 72.6 Å². The number of rotatable bonds is 0.